The van der Waals surface area contributed by atoms with Gasteiger partial charge >= 0.3 is 5.97 Å². The van der Waals surface area contributed by atoms with Gasteiger partial charge < -0.3 is 14.7 Å². The van der Waals surface area contributed by atoms with Crippen molar-refractivity contribution < 1.29 is 9.53 Å². The molecule has 0 unspecified atom stereocenters. The van der Waals surface area contributed by atoms with Gasteiger partial charge in [-0.2, -0.15) is 0 Å². The zero-order valence-corrected chi connectivity index (χ0v) is 20.9. The van der Waals surface area contributed by atoms with Gasteiger partial charge in [0.2, 0.25) is 0 Å². The lowest BCUT2D eigenvalue weighted by atomic mass is 10.0. The summed E-state index contributed by atoms with van der Waals surface area (Å²) in [4.78, 5) is 28.5. The van der Waals surface area contributed by atoms with E-state index < -0.39 is 0 Å². The molecule has 1 aromatic carbocycles. The van der Waals surface area contributed by atoms with Crippen molar-refractivity contribution in [3.63, 3.8) is 0 Å². The molecule has 6 heteroatoms. The molecule has 0 aliphatic carbocycles. The van der Waals surface area contributed by atoms with Crippen molar-refractivity contribution in [1.82, 2.24) is 19.9 Å². The average Bonchev–Trinajstić information content (AvgIpc) is 3.70. The average molecular weight is 499 g/mol. The summed E-state index contributed by atoms with van der Waals surface area (Å²) >= 11 is 0. The number of benzene rings is 1. The summed E-state index contributed by atoms with van der Waals surface area (Å²) < 4.78 is 5.44. The van der Waals surface area contributed by atoms with Crippen LogP contribution in [0.4, 0.5) is 0 Å². The third-order valence-corrected chi connectivity index (χ3v) is 6.26. The van der Waals surface area contributed by atoms with Crippen LogP contribution in [0.25, 0.3) is 45.9 Å². The topological polar surface area (TPSA) is 83.7 Å². The fourth-order valence-electron chi connectivity index (χ4n) is 4.44. The molecule has 2 aliphatic rings. The Bertz CT molecular complexity index is 1770. The molecule has 6 nitrogen and oxygen atoms in total. The van der Waals surface area contributed by atoms with Crippen molar-refractivity contribution in [2.75, 3.05) is 0 Å². The van der Waals surface area contributed by atoms with Crippen LogP contribution >= 0.6 is 0 Å². The van der Waals surface area contributed by atoms with Gasteiger partial charge in [0.15, 0.2) is 0 Å². The number of nitrogens with one attached hydrogen (secondary N) is 2. The molecule has 0 saturated heterocycles. The van der Waals surface area contributed by atoms with Gasteiger partial charge in [0.25, 0.3) is 0 Å². The number of unbranched alkanes of at least 4 members (excludes halogenated alkanes) is 1. The smallest absolute Gasteiger partial charge is 0.335 e. The Balaban J connectivity index is 1.41. The second-order valence-electron chi connectivity index (χ2n) is 9.23. The number of aromatic amines is 2. The maximum Gasteiger partial charge on any atom is 0.335 e. The largest absolute Gasteiger partial charge is 0.423 e. The second-order valence-corrected chi connectivity index (χ2v) is 9.23. The van der Waals surface area contributed by atoms with Crippen LogP contribution in [-0.4, -0.2) is 25.9 Å². The highest BCUT2D eigenvalue weighted by Gasteiger charge is 2.13. The molecular formula is C32H26N4O2. The van der Waals surface area contributed by atoms with Crippen LogP contribution < -0.4 is 4.74 Å². The summed E-state index contributed by atoms with van der Waals surface area (Å²) in [6.07, 6.45) is 11.2. The number of carbonyl (C=O) groups is 1. The third kappa shape index (κ3) is 5.25. The van der Waals surface area contributed by atoms with Gasteiger partial charge in [0, 0.05) is 33.7 Å². The molecule has 0 amide bonds. The van der Waals surface area contributed by atoms with Crippen LogP contribution in [0.3, 0.4) is 0 Å². The molecule has 0 spiro atoms. The van der Waals surface area contributed by atoms with Gasteiger partial charge in [0.05, 0.1) is 22.8 Å². The molecule has 2 N–H and O–H groups in total. The van der Waals surface area contributed by atoms with Crippen LogP contribution in [-0.2, 0) is 4.79 Å². The minimum absolute atomic E-state index is 0.369. The first kappa shape index (κ1) is 23.4. The van der Waals surface area contributed by atoms with E-state index in [2.05, 4.69) is 23.0 Å². The van der Waals surface area contributed by atoms with Crippen LogP contribution in [0.2, 0.25) is 0 Å². The highest BCUT2D eigenvalue weighted by atomic mass is 16.5. The number of esters is 1. The Labute approximate surface area is 220 Å². The van der Waals surface area contributed by atoms with E-state index in [-0.39, 0.29) is 5.97 Å². The summed E-state index contributed by atoms with van der Waals surface area (Å²) in [6.45, 7) is 2.07. The highest BCUT2D eigenvalue weighted by Crippen LogP contribution is 2.30. The Morgan fingerprint density at radius 3 is 2.03 bits per heavy atom. The van der Waals surface area contributed by atoms with Gasteiger partial charge in [-0.3, -0.25) is 0 Å². The summed E-state index contributed by atoms with van der Waals surface area (Å²) in [5.41, 5.74) is 9.29. The molecule has 0 fully saturated rings. The monoisotopic (exact) mass is 498 g/mol. The quantitative estimate of drug-likeness (QED) is 0.148. The molecule has 6 rings (SSSR count). The van der Waals surface area contributed by atoms with Crippen LogP contribution in [0.15, 0.2) is 84.9 Å². The number of aromatic nitrogens is 4. The number of allylic oxidation sites excluding steroid dienone is 1. The predicted octanol–water partition coefficient (Wildman–Crippen LogP) is 7.34. The molecule has 8 bridgehead atoms. The van der Waals surface area contributed by atoms with Crippen molar-refractivity contribution in [3.05, 3.63) is 113 Å². The van der Waals surface area contributed by atoms with Crippen molar-refractivity contribution >= 4 is 51.8 Å². The van der Waals surface area contributed by atoms with E-state index in [0.29, 0.717) is 5.75 Å². The minimum Gasteiger partial charge on any atom is -0.423 e. The third-order valence-electron chi connectivity index (χ3n) is 6.26. The Morgan fingerprint density at radius 2 is 1.39 bits per heavy atom. The molecule has 0 radical (unpaired) electrons. The molecule has 0 atom stereocenters. The summed E-state index contributed by atoms with van der Waals surface area (Å²) in [7, 11) is 0. The van der Waals surface area contributed by atoms with Crippen molar-refractivity contribution in [2.45, 2.75) is 19.8 Å². The van der Waals surface area contributed by atoms with E-state index in [1.165, 1.54) is 6.08 Å². The maximum atomic E-state index is 12.0. The Morgan fingerprint density at radius 1 is 0.789 bits per heavy atom. The number of H-pyrrole nitrogens is 2. The molecule has 2 aliphatic heterocycles. The van der Waals surface area contributed by atoms with Crippen molar-refractivity contribution in [3.8, 4) is 5.75 Å². The van der Waals surface area contributed by atoms with Gasteiger partial charge in [-0.05, 0) is 90.9 Å². The van der Waals surface area contributed by atoms with Gasteiger partial charge in [-0.15, -0.1) is 0 Å². The van der Waals surface area contributed by atoms with Gasteiger partial charge in [-0.1, -0.05) is 31.6 Å². The maximum absolute atomic E-state index is 12.0. The summed E-state index contributed by atoms with van der Waals surface area (Å²) in [6, 6.07) is 23.8. The zero-order valence-electron chi connectivity index (χ0n) is 20.9. The lowest BCUT2D eigenvalue weighted by Gasteiger charge is -2.05. The SMILES string of the molecule is CCCC=CC(=O)Oc1ccc(C2=Cc3cc4ccc(cc5nc(cc6ccc(cc2n3)[nH]6)C=C5)[nH]4)cc1. The predicted molar refractivity (Wildman–Crippen MR) is 153 cm³/mol. The van der Waals surface area contributed by atoms with Crippen LogP contribution in [0.1, 0.15) is 48.1 Å². The number of ether oxygens (including phenoxy) is 1. The van der Waals surface area contributed by atoms with E-state index in [0.717, 1.165) is 68.8 Å². The summed E-state index contributed by atoms with van der Waals surface area (Å²) in [5, 5.41) is 0. The molecule has 3 aromatic heterocycles. The van der Waals surface area contributed by atoms with E-state index in [1.807, 2.05) is 91.0 Å². The number of fused-ring (bicyclic) bond motifs is 8. The second kappa shape index (κ2) is 10.2. The fourth-order valence-corrected chi connectivity index (χ4v) is 4.44. The van der Waals surface area contributed by atoms with E-state index in [4.69, 9.17) is 14.7 Å². The van der Waals surface area contributed by atoms with E-state index >= 15 is 0 Å². The minimum atomic E-state index is -0.369. The Kier molecular flexibility index (Phi) is 6.28. The van der Waals surface area contributed by atoms with Gasteiger partial charge in [0.1, 0.15) is 5.75 Å². The zero-order chi connectivity index (χ0) is 25.9. The van der Waals surface area contributed by atoms with Crippen molar-refractivity contribution in [2.24, 2.45) is 0 Å². The number of carbonyl (C=O) groups excluding carboxylic acids is 1. The molecule has 38 heavy (non-hydrogen) atoms. The number of nitrogens with zero attached hydrogens (tertiary/aromatic N) is 2. The van der Waals surface area contributed by atoms with E-state index in [9.17, 15) is 4.79 Å². The fraction of sp³-hybridized carbons (Fsp3) is 0.0938. The molecule has 5 heterocycles. The first-order valence-corrected chi connectivity index (χ1v) is 12.7. The van der Waals surface area contributed by atoms with Gasteiger partial charge in [-0.25, -0.2) is 14.8 Å². The van der Waals surface area contributed by atoms with Crippen LogP contribution in [0, 0.1) is 0 Å². The van der Waals surface area contributed by atoms with E-state index in [1.54, 1.807) is 0 Å². The standard InChI is InChI=1S/C32H26N4O2/c1-2-3-4-5-32(37)38-29-14-6-21(7-15-29)30-19-28-18-26-11-10-24(34-26)16-22-8-9-23(33-22)17-25-12-13-27(35-25)20-31(30)36-28/h4-20,34-35H,2-3H2,1H3. The number of hydrogen-bond donors (Lipinski definition) is 2. The highest BCUT2D eigenvalue weighted by molar-refractivity contribution is 5.93. The first-order valence-electron chi connectivity index (χ1n) is 12.7. The molecule has 186 valence electrons. The summed E-state index contributed by atoms with van der Waals surface area (Å²) in [5.74, 6) is 0.136. The van der Waals surface area contributed by atoms with Crippen molar-refractivity contribution in [1.29, 1.82) is 0 Å². The first-order chi connectivity index (χ1) is 18.6. The number of hydrogen-bond acceptors (Lipinski definition) is 4. The number of rotatable bonds is 5. The lowest BCUT2D eigenvalue weighted by molar-refractivity contribution is -0.129. The molecular weight excluding hydrogens is 472 g/mol. The normalized spacial score (nSPS) is 12.6. The Hall–Kier alpha value is -4.97. The molecule has 4 aromatic rings. The lowest BCUT2D eigenvalue weighted by Crippen LogP contribution is -2.03. The molecule has 0 saturated carbocycles. The van der Waals surface area contributed by atoms with Crippen LogP contribution in [0.5, 0.6) is 5.75 Å².